The quantitative estimate of drug-likeness (QED) is 0.405. The Kier molecular flexibility index (Phi) is 3.24. The van der Waals surface area contributed by atoms with Gasteiger partial charge in [-0.2, -0.15) is 5.26 Å². The highest BCUT2D eigenvalue weighted by Crippen LogP contribution is 2.37. The summed E-state index contributed by atoms with van der Waals surface area (Å²) in [6.45, 7) is -0.609. The van der Waals surface area contributed by atoms with E-state index in [1.807, 2.05) is 6.07 Å². The fourth-order valence-electron chi connectivity index (χ4n) is 2.55. The van der Waals surface area contributed by atoms with Crippen LogP contribution in [-0.2, 0) is 10.6 Å². The van der Waals surface area contributed by atoms with Crippen molar-refractivity contribution in [3.63, 3.8) is 0 Å². The van der Waals surface area contributed by atoms with Gasteiger partial charge in [0.25, 0.3) is 5.91 Å². The summed E-state index contributed by atoms with van der Waals surface area (Å²) in [5.74, 6) is -2.38. The predicted molar refractivity (Wildman–Crippen MR) is 70.8 cm³/mol. The Balaban J connectivity index is 2.23. The minimum Gasteiger partial charge on any atom is -0.394 e. The van der Waals surface area contributed by atoms with Gasteiger partial charge in [-0.05, 0) is 0 Å². The molecular weight excluding hydrogens is 294 g/mol. The summed E-state index contributed by atoms with van der Waals surface area (Å²) >= 11 is 0. The van der Waals surface area contributed by atoms with Gasteiger partial charge < -0.3 is 30.9 Å². The van der Waals surface area contributed by atoms with Crippen molar-refractivity contribution in [2.24, 2.45) is 0 Å². The zero-order valence-corrected chi connectivity index (χ0v) is 11.2. The number of hydrogen-bond acceptors (Lipinski definition) is 9. The van der Waals surface area contributed by atoms with Crippen LogP contribution in [0.4, 0.5) is 5.82 Å². The lowest BCUT2D eigenvalue weighted by Crippen LogP contribution is -2.45. The summed E-state index contributed by atoms with van der Waals surface area (Å²) < 4.78 is 6.16. The van der Waals surface area contributed by atoms with Crippen LogP contribution in [0, 0.1) is 11.3 Å². The molecule has 1 aliphatic heterocycles. The van der Waals surface area contributed by atoms with Crippen molar-refractivity contribution in [2.45, 2.75) is 24.2 Å². The molecule has 3 rings (SSSR count). The number of aromatic nitrogens is 3. The molecule has 2 aromatic heterocycles. The van der Waals surface area contributed by atoms with E-state index < -0.39 is 30.8 Å². The number of nitrogen functional groups attached to an aromatic ring is 1. The Morgan fingerprint density at radius 2 is 2.18 bits per heavy atom. The molecule has 6 N–H and O–H groups in total. The van der Waals surface area contributed by atoms with E-state index in [0.29, 0.717) is 0 Å². The molecule has 1 fully saturated rings. The largest absolute Gasteiger partial charge is 0.394 e. The monoisotopic (exact) mass is 307 g/mol. The Bertz CT molecular complexity index is 771. The van der Waals surface area contributed by atoms with Crippen molar-refractivity contribution < 1.29 is 25.2 Å². The first-order chi connectivity index (χ1) is 10.4. The van der Waals surface area contributed by atoms with E-state index in [0.717, 1.165) is 10.9 Å². The average Bonchev–Trinajstić information content (AvgIpc) is 3.00. The molecule has 1 unspecified atom stereocenters. The van der Waals surface area contributed by atoms with Crippen LogP contribution in [0.25, 0.3) is 11.0 Å². The number of fused-ring (bicyclic) bond motifs is 1. The maximum absolute atomic E-state index is 10.6. The first-order valence-corrected chi connectivity index (χ1v) is 6.33. The van der Waals surface area contributed by atoms with E-state index in [9.17, 15) is 15.3 Å². The summed E-state index contributed by atoms with van der Waals surface area (Å²) in [7, 11) is 0. The molecule has 22 heavy (non-hydrogen) atoms. The van der Waals surface area contributed by atoms with Gasteiger partial charge in [-0.25, -0.2) is 9.97 Å². The van der Waals surface area contributed by atoms with Crippen molar-refractivity contribution in [1.29, 1.82) is 5.26 Å². The molecule has 0 spiro atoms. The smallest absolute Gasteiger partial charge is 0.284 e. The van der Waals surface area contributed by atoms with Gasteiger partial charge in [-0.15, -0.1) is 0 Å². The van der Waals surface area contributed by atoms with Gasteiger partial charge in [-0.3, -0.25) is 4.57 Å². The van der Waals surface area contributed by atoms with Gasteiger partial charge >= 0.3 is 0 Å². The van der Waals surface area contributed by atoms with Gasteiger partial charge in [-0.1, -0.05) is 0 Å². The van der Waals surface area contributed by atoms with E-state index in [4.69, 9.17) is 20.8 Å². The minimum absolute atomic E-state index is 0.0237. The first kappa shape index (κ1) is 14.6. The second-order valence-corrected chi connectivity index (χ2v) is 4.92. The molecule has 4 atom stereocenters. The molecule has 0 saturated carbocycles. The summed E-state index contributed by atoms with van der Waals surface area (Å²) in [5, 5.41) is 49.0. The molecule has 0 radical (unpaired) electrons. The molecule has 0 amide bonds. The third-order valence-corrected chi connectivity index (χ3v) is 3.67. The minimum atomic E-state index is -2.40. The number of anilines is 1. The Labute approximate surface area is 123 Å². The molecule has 2 aromatic rings. The lowest BCUT2D eigenvalue weighted by atomic mass is 10.1. The van der Waals surface area contributed by atoms with Crippen LogP contribution in [0.15, 0.2) is 12.5 Å². The summed E-state index contributed by atoms with van der Waals surface area (Å²) in [6, 6.07) is 1.88. The highest BCUT2D eigenvalue weighted by molar-refractivity contribution is 5.92. The number of ether oxygens (including phenoxy) is 1. The lowest BCUT2D eigenvalue weighted by molar-refractivity contribution is -0.286. The molecule has 1 saturated heterocycles. The molecule has 0 bridgehead atoms. The Morgan fingerprint density at radius 3 is 2.77 bits per heavy atom. The van der Waals surface area contributed by atoms with Crippen LogP contribution in [0.1, 0.15) is 5.56 Å². The van der Waals surface area contributed by atoms with Crippen molar-refractivity contribution in [2.75, 3.05) is 12.3 Å². The van der Waals surface area contributed by atoms with E-state index in [-0.39, 0.29) is 22.4 Å². The molecule has 10 heteroatoms. The number of nitrogens with zero attached hydrogens (tertiary/aromatic N) is 4. The Hall–Kier alpha value is -2.29. The summed E-state index contributed by atoms with van der Waals surface area (Å²) in [4.78, 5) is 7.71. The molecular formula is C12H13N5O5. The van der Waals surface area contributed by atoms with Crippen molar-refractivity contribution >= 4 is 16.9 Å². The van der Waals surface area contributed by atoms with Gasteiger partial charge in [0.15, 0.2) is 11.8 Å². The maximum Gasteiger partial charge on any atom is 0.284 e. The maximum atomic E-state index is 10.6. The summed E-state index contributed by atoms with van der Waals surface area (Å²) in [5.41, 5.74) is 5.83. The lowest BCUT2D eigenvalue weighted by Gasteiger charge is -2.27. The summed E-state index contributed by atoms with van der Waals surface area (Å²) in [6.07, 6.45) is -2.16. The third kappa shape index (κ3) is 1.78. The topological polar surface area (TPSA) is 171 Å². The number of nitrogens with two attached hydrogens (primary N) is 1. The van der Waals surface area contributed by atoms with E-state index in [1.54, 1.807) is 0 Å². The number of hydrogen-bond donors (Lipinski definition) is 5. The molecule has 0 aliphatic carbocycles. The van der Waals surface area contributed by atoms with Gasteiger partial charge in [0.2, 0.25) is 0 Å². The number of rotatable bonds is 2. The molecule has 3 heterocycles. The fourth-order valence-corrected chi connectivity index (χ4v) is 2.55. The van der Waals surface area contributed by atoms with Crippen LogP contribution in [0.2, 0.25) is 0 Å². The van der Waals surface area contributed by atoms with Crippen LogP contribution < -0.4 is 5.73 Å². The Morgan fingerprint density at radius 1 is 1.45 bits per heavy atom. The van der Waals surface area contributed by atoms with Crippen LogP contribution >= 0.6 is 0 Å². The fraction of sp³-hybridized carbons (Fsp3) is 0.417. The second-order valence-electron chi connectivity index (χ2n) is 4.92. The van der Waals surface area contributed by atoms with E-state index in [2.05, 4.69) is 9.97 Å². The highest BCUT2D eigenvalue weighted by atomic mass is 16.7. The van der Waals surface area contributed by atoms with E-state index >= 15 is 0 Å². The normalized spacial score (nSPS) is 31.5. The predicted octanol–water partition coefficient (Wildman–Crippen LogP) is -2.40. The molecule has 10 nitrogen and oxygen atoms in total. The molecule has 0 aromatic carbocycles. The number of nitriles is 1. The zero-order valence-electron chi connectivity index (χ0n) is 11.2. The highest BCUT2D eigenvalue weighted by Gasteiger charge is 2.55. The average molecular weight is 307 g/mol. The van der Waals surface area contributed by atoms with Crippen LogP contribution in [0.5, 0.6) is 0 Å². The van der Waals surface area contributed by atoms with Gasteiger partial charge in [0.1, 0.15) is 30.4 Å². The number of aliphatic hydroxyl groups excluding tert-OH is 3. The van der Waals surface area contributed by atoms with Gasteiger partial charge in [0, 0.05) is 6.20 Å². The van der Waals surface area contributed by atoms with Crippen molar-refractivity contribution in [1.82, 2.24) is 14.5 Å². The van der Waals surface area contributed by atoms with Crippen molar-refractivity contribution in [3.8, 4) is 6.07 Å². The van der Waals surface area contributed by atoms with Crippen LogP contribution in [0.3, 0.4) is 0 Å². The standard InChI is InChI=1S/C12H13N5O5/c13-1-5-2-17(11-7(5)10(14)15-4-16-11)12(21)9(20)8(19)6(3-18)22-12/h2,4,6,8-9,18-21H,3H2,(H2,14,15,16)/t6-,8-,9-,12?/m1/s1. The second kappa shape index (κ2) is 4.87. The van der Waals surface area contributed by atoms with Crippen molar-refractivity contribution in [3.05, 3.63) is 18.1 Å². The molecule has 116 valence electrons. The SMILES string of the molecule is N#Cc1cn(C2(O)O[C@H](CO)[C@@H](O)[C@H]2O)c2ncnc(N)c12. The first-order valence-electron chi connectivity index (χ1n) is 6.33. The number of aliphatic hydroxyl groups is 4. The zero-order chi connectivity index (χ0) is 16.1. The molecule has 1 aliphatic rings. The van der Waals surface area contributed by atoms with Crippen LogP contribution in [-0.4, -0.2) is 59.9 Å². The van der Waals surface area contributed by atoms with E-state index in [1.165, 1.54) is 6.20 Å². The van der Waals surface area contributed by atoms with Gasteiger partial charge in [0.05, 0.1) is 17.6 Å². The third-order valence-electron chi connectivity index (χ3n) is 3.67.